The van der Waals surface area contributed by atoms with Gasteiger partial charge in [-0.05, 0) is 17.7 Å². The number of nitrogens with two attached hydrogens (primary N) is 1. The minimum absolute atomic E-state index is 0. The Labute approximate surface area is 107 Å². The first-order chi connectivity index (χ1) is 7.77. The van der Waals surface area contributed by atoms with E-state index in [4.69, 9.17) is 5.73 Å². The van der Waals surface area contributed by atoms with E-state index < -0.39 is 0 Å². The molecule has 0 aliphatic carbocycles. The van der Waals surface area contributed by atoms with Gasteiger partial charge < -0.3 is 5.73 Å². The molecule has 0 aromatic heterocycles. The molecule has 0 bridgehead atoms. The summed E-state index contributed by atoms with van der Waals surface area (Å²) in [7, 11) is 0. The monoisotopic (exact) mass is 247 g/mol. The molecule has 0 fully saturated rings. The molecule has 0 aliphatic rings. The zero-order valence-corrected chi connectivity index (χ0v) is 10.1. The van der Waals surface area contributed by atoms with Crippen molar-refractivity contribution >= 4 is 23.9 Å². The van der Waals surface area contributed by atoms with Crippen molar-refractivity contribution in [3.05, 3.63) is 65.7 Å². The van der Waals surface area contributed by atoms with Gasteiger partial charge >= 0.3 is 0 Å². The third-order valence-corrected chi connectivity index (χ3v) is 2.47. The number of hydrogen-bond acceptors (Lipinski definition) is 2. The van der Waals surface area contributed by atoms with Gasteiger partial charge in [0.05, 0.1) is 0 Å². The van der Waals surface area contributed by atoms with Gasteiger partial charge in [-0.3, -0.25) is 4.79 Å². The zero-order valence-electron chi connectivity index (χ0n) is 9.30. The highest BCUT2D eigenvalue weighted by molar-refractivity contribution is 6.01. The lowest BCUT2D eigenvalue weighted by molar-refractivity contribution is 0.0994. The number of nitrogen functional groups attached to an aromatic ring is 1. The fourth-order valence-corrected chi connectivity index (χ4v) is 1.63. The molecule has 0 aliphatic heterocycles. The Kier molecular flexibility index (Phi) is 4.73. The van der Waals surface area contributed by atoms with Crippen molar-refractivity contribution in [3.63, 3.8) is 0 Å². The van der Waals surface area contributed by atoms with Crippen LogP contribution < -0.4 is 5.73 Å². The van der Waals surface area contributed by atoms with E-state index in [1.54, 1.807) is 12.1 Å². The van der Waals surface area contributed by atoms with Gasteiger partial charge in [-0.2, -0.15) is 0 Å². The van der Waals surface area contributed by atoms with Crippen molar-refractivity contribution in [2.75, 3.05) is 5.73 Å². The van der Waals surface area contributed by atoms with Crippen molar-refractivity contribution < 1.29 is 4.79 Å². The van der Waals surface area contributed by atoms with Crippen LogP contribution in [-0.4, -0.2) is 5.78 Å². The summed E-state index contributed by atoms with van der Waals surface area (Å²) in [4.78, 5) is 12.0. The number of Topliss-reactive ketones (excluding diaryl/α,β-unsaturated/α-hetero) is 1. The fraction of sp³-hybridized carbons (Fsp3) is 0.0714. The van der Waals surface area contributed by atoms with Crippen molar-refractivity contribution in [2.45, 2.75) is 6.42 Å². The quantitative estimate of drug-likeness (QED) is 0.669. The molecular formula is C14H14ClNO. The number of hydrogen-bond donors (Lipinski definition) is 1. The summed E-state index contributed by atoms with van der Waals surface area (Å²) in [6.45, 7) is 0. The lowest BCUT2D eigenvalue weighted by atomic mass is 10.0. The smallest absolute Gasteiger partial charge is 0.169 e. The van der Waals surface area contributed by atoms with Crippen molar-refractivity contribution in [1.29, 1.82) is 0 Å². The number of carbonyl (C=O) groups excluding carboxylic acids is 1. The standard InChI is InChI=1S/C14H13NO.ClH/c15-13-9-5-4-8-12(13)14(16)10-11-6-2-1-3-7-11;/h1-9H,10,15H2;1H. The van der Waals surface area contributed by atoms with Crippen LogP contribution in [0.2, 0.25) is 0 Å². The second-order valence-corrected chi connectivity index (χ2v) is 3.67. The highest BCUT2D eigenvalue weighted by Crippen LogP contribution is 2.13. The molecule has 0 unspecified atom stereocenters. The van der Waals surface area contributed by atoms with Gasteiger partial charge in [0.1, 0.15) is 0 Å². The van der Waals surface area contributed by atoms with E-state index in [0.29, 0.717) is 17.7 Å². The summed E-state index contributed by atoms with van der Waals surface area (Å²) >= 11 is 0. The van der Waals surface area contributed by atoms with Gasteiger partial charge in [0.25, 0.3) is 0 Å². The van der Waals surface area contributed by atoms with Gasteiger partial charge in [-0.25, -0.2) is 0 Å². The molecule has 2 aromatic rings. The SMILES string of the molecule is Cl.Nc1ccccc1C(=O)Cc1ccccc1. The second-order valence-electron chi connectivity index (χ2n) is 3.67. The summed E-state index contributed by atoms with van der Waals surface area (Å²) < 4.78 is 0. The molecule has 3 heteroatoms. The van der Waals surface area contributed by atoms with Crippen LogP contribution in [0.4, 0.5) is 5.69 Å². The van der Waals surface area contributed by atoms with Crippen LogP contribution in [0.25, 0.3) is 0 Å². The molecule has 88 valence electrons. The topological polar surface area (TPSA) is 43.1 Å². The van der Waals surface area contributed by atoms with Gasteiger partial charge in [0.2, 0.25) is 0 Å². The molecule has 0 saturated heterocycles. The average Bonchev–Trinajstić information content (AvgIpc) is 2.31. The van der Waals surface area contributed by atoms with Crippen LogP contribution in [0.15, 0.2) is 54.6 Å². The number of ketones is 1. The van der Waals surface area contributed by atoms with E-state index in [-0.39, 0.29) is 18.2 Å². The Morgan fingerprint density at radius 3 is 2.18 bits per heavy atom. The van der Waals surface area contributed by atoms with E-state index in [1.807, 2.05) is 42.5 Å². The zero-order chi connectivity index (χ0) is 11.4. The Bertz CT molecular complexity index is 497. The predicted molar refractivity (Wildman–Crippen MR) is 72.6 cm³/mol. The van der Waals surface area contributed by atoms with Crippen molar-refractivity contribution in [3.8, 4) is 0 Å². The number of halogens is 1. The Morgan fingerprint density at radius 1 is 0.941 bits per heavy atom. The van der Waals surface area contributed by atoms with Crippen LogP contribution in [-0.2, 0) is 6.42 Å². The van der Waals surface area contributed by atoms with E-state index >= 15 is 0 Å². The van der Waals surface area contributed by atoms with Gasteiger partial charge in [0, 0.05) is 17.7 Å². The lowest BCUT2D eigenvalue weighted by Crippen LogP contribution is -2.06. The van der Waals surface area contributed by atoms with Crippen LogP contribution in [0.1, 0.15) is 15.9 Å². The largest absolute Gasteiger partial charge is 0.398 e. The highest BCUT2D eigenvalue weighted by atomic mass is 35.5. The van der Waals surface area contributed by atoms with E-state index in [2.05, 4.69) is 0 Å². The first-order valence-electron chi connectivity index (χ1n) is 5.19. The van der Waals surface area contributed by atoms with Gasteiger partial charge in [-0.15, -0.1) is 12.4 Å². The second kappa shape index (κ2) is 6.06. The minimum atomic E-state index is 0. The minimum Gasteiger partial charge on any atom is -0.398 e. The maximum Gasteiger partial charge on any atom is 0.169 e. The molecule has 0 radical (unpaired) electrons. The van der Waals surface area contributed by atoms with Crippen molar-refractivity contribution in [1.82, 2.24) is 0 Å². The number of carbonyl (C=O) groups is 1. The molecule has 2 nitrogen and oxygen atoms in total. The fourth-order valence-electron chi connectivity index (χ4n) is 1.63. The molecule has 2 N–H and O–H groups in total. The number of rotatable bonds is 3. The molecule has 0 heterocycles. The summed E-state index contributed by atoms with van der Waals surface area (Å²) in [5.41, 5.74) is 7.91. The number of benzene rings is 2. The van der Waals surface area contributed by atoms with Gasteiger partial charge in [0.15, 0.2) is 5.78 Å². The molecule has 17 heavy (non-hydrogen) atoms. The third-order valence-electron chi connectivity index (χ3n) is 2.47. The lowest BCUT2D eigenvalue weighted by Gasteiger charge is -2.04. The first-order valence-corrected chi connectivity index (χ1v) is 5.19. The predicted octanol–water partition coefficient (Wildman–Crippen LogP) is 3.12. The van der Waals surface area contributed by atoms with E-state index in [0.717, 1.165) is 5.56 Å². The van der Waals surface area contributed by atoms with Crippen LogP contribution in [0.3, 0.4) is 0 Å². The summed E-state index contributed by atoms with van der Waals surface area (Å²) in [5.74, 6) is 0.0595. The Hall–Kier alpha value is -1.80. The Balaban J connectivity index is 0.00000144. The van der Waals surface area contributed by atoms with Crippen LogP contribution >= 0.6 is 12.4 Å². The number of anilines is 1. The molecule has 0 atom stereocenters. The average molecular weight is 248 g/mol. The molecule has 2 rings (SSSR count). The normalized spacial score (nSPS) is 9.41. The summed E-state index contributed by atoms with van der Waals surface area (Å²) in [5, 5.41) is 0. The molecular weight excluding hydrogens is 234 g/mol. The van der Waals surface area contributed by atoms with Gasteiger partial charge in [-0.1, -0.05) is 42.5 Å². The molecule has 0 spiro atoms. The maximum absolute atomic E-state index is 12.0. The summed E-state index contributed by atoms with van der Waals surface area (Å²) in [6, 6.07) is 16.8. The van der Waals surface area contributed by atoms with E-state index in [9.17, 15) is 4.79 Å². The van der Waals surface area contributed by atoms with Crippen LogP contribution in [0, 0.1) is 0 Å². The van der Waals surface area contributed by atoms with Crippen molar-refractivity contribution in [2.24, 2.45) is 0 Å². The number of para-hydroxylation sites is 1. The molecule has 2 aromatic carbocycles. The maximum atomic E-state index is 12.0. The van der Waals surface area contributed by atoms with Crippen LogP contribution in [0.5, 0.6) is 0 Å². The highest BCUT2D eigenvalue weighted by Gasteiger charge is 2.09. The molecule has 0 saturated carbocycles. The first kappa shape index (κ1) is 13.3. The molecule has 0 amide bonds. The summed E-state index contributed by atoms with van der Waals surface area (Å²) in [6.07, 6.45) is 0.398. The third kappa shape index (κ3) is 3.33. The van der Waals surface area contributed by atoms with E-state index in [1.165, 1.54) is 0 Å². The Morgan fingerprint density at radius 2 is 1.53 bits per heavy atom.